The minimum atomic E-state index is -0.0142. The normalized spacial score (nSPS) is 14.3. The maximum absolute atomic E-state index is 9.92. The van der Waals surface area contributed by atoms with Crippen molar-refractivity contribution >= 4 is 0 Å². The number of benzene rings is 1. The number of ether oxygens (including phenoxy) is 2. The van der Waals surface area contributed by atoms with Crippen LogP contribution in [0.2, 0.25) is 0 Å². The first kappa shape index (κ1) is 9.96. The minimum absolute atomic E-state index is 0.0142. The maximum atomic E-state index is 9.92. The highest BCUT2D eigenvalue weighted by Gasteiger charge is 2.23. The molecule has 0 amide bonds. The summed E-state index contributed by atoms with van der Waals surface area (Å²) in [5, 5.41) is 19.6. The van der Waals surface area contributed by atoms with Crippen molar-refractivity contribution in [3.05, 3.63) is 11.6 Å². The molecule has 1 aliphatic heterocycles. The monoisotopic (exact) mass is 210 g/mol. The zero-order chi connectivity index (χ0) is 11.0. The third-order valence-electron chi connectivity index (χ3n) is 2.40. The van der Waals surface area contributed by atoms with Crippen LogP contribution in [0, 0.1) is 0 Å². The van der Waals surface area contributed by atoms with E-state index in [-0.39, 0.29) is 17.4 Å². The summed E-state index contributed by atoms with van der Waals surface area (Å²) < 4.78 is 10.6. The van der Waals surface area contributed by atoms with Gasteiger partial charge in [0.1, 0.15) is 19.0 Å². The number of hydrogen-bond donors (Lipinski definition) is 2. The van der Waals surface area contributed by atoms with Crippen LogP contribution in [0.1, 0.15) is 25.3 Å². The Labute approximate surface area is 88.1 Å². The van der Waals surface area contributed by atoms with Crippen molar-refractivity contribution in [3.8, 4) is 23.0 Å². The molecule has 0 unspecified atom stereocenters. The molecule has 2 rings (SSSR count). The van der Waals surface area contributed by atoms with E-state index in [1.54, 1.807) is 0 Å². The Hall–Kier alpha value is -1.58. The highest BCUT2D eigenvalue weighted by molar-refractivity contribution is 5.61. The van der Waals surface area contributed by atoms with Crippen molar-refractivity contribution in [3.63, 3.8) is 0 Å². The van der Waals surface area contributed by atoms with Gasteiger partial charge in [0, 0.05) is 11.6 Å². The summed E-state index contributed by atoms with van der Waals surface area (Å²) in [7, 11) is 0. The Morgan fingerprint density at radius 1 is 1.20 bits per heavy atom. The molecule has 0 saturated heterocycles. The smallest absolute Gasteiger partial charge is 0.204 e. The molecule has 4 heteroatoms. The van der Waals surface area contributed by atoms with E-state index in [0.717, 1.165) is 0 Å². The Morgan fingerprint density at radius 2 is 1.87 bits per heavy atom. The number of aromatic hydroxyl groups is 2. The second-order valence-electron chi connectivity index (χ2n) is 3.84. The van der Waals surface area contributed by atoms with Crippen LogP contribution in [0.3, 0.4) is 0 Å². The van der Waals surface area contributed by atoms with E-state index in [1.807, 2.05) is 13.8 Å². The summed E-state index contributed by atoms with van der Waals surface area (Å²) in [6.45, 7) is 4.64. The van der Waals surface area contributed by atoms with Crippen LogP contribution in [0.25, 0.3) is 0 Å². The van der Waals surface area contributed by atoms with E-state index in [1.165, 1.54) is 6.07 Å². The van der Waals surface area contributed by atoms with Crippen LogP contribution in [0.5, 0.6) is 23.0 Å². The summed E-state index contributed by atoms with van der Waals surface area (Å²) in [5.41, 5.74) is 0.499. The van der Waals surface area contributed by atoms with Gasteiger partial charge in [0.15, 0.2) is 11.5 Å². The zero-order valence-corrected chi connectivity index (χ0v) is 8.78. The van der Waals surface area contributed by atoms with Crippen molar-refractivity contribution in [1.82, 2.24) is 0 Å². The highest BCUT2D eigenvalue weighted by atomic mass is 16.6. The summed E-state index contributed by atoms with van der Waals surface area (Å²) in [6.07, 6.45) is 0. The van der Waals surface area contributed by atoms with E-state index >= 15 is 0 Å². The molecule has 1 heterocycles. The van der Waals surface area contributed by atoms with Crippen molar-refractivity contribution in [2.24, 2.45) is 0 Å². The predicted molar refractivity (Wildman–Crippen MR) is 54.9 cm³/mol. The molecule has 0 radical (unpaired) electrons. The number of hydrogen-bond acceptors (Lipinski definition) is 4. The lowest BCUT2D eigenvalue weighted by Crippen LogP contribution is -2.15. The van der Waals surface area contributed by atoms with Gasteiger partial charge in [0.05, 0.1) is 0 Å². The fourth-order valence-electron chi connectivity index (χ4n) is 1.74. The third-order valence-corrected chi connectivity index (χ3v) is 2.40. The van der Waals surface area contributed by atoms with E-state index < -0.39 is 0 Å². The molecule has 15 heavy (non-hydrogen) atoms. The second kappa shape index (κ2) is 3.53. The highest BCUT2D eigenvalue weighted by Crippen LogP contribution is 2.47. The van der Waals surface area contributed by atoms with Crippen molar-refractivity contribution < 1.29 is 19.7 Å². The van der Waals surface area contributed by atoms with Crippen LogP contribution >= 0.6 is 0 Å². The van der Waals surface area contributed by atoms with E-state index in [2.05, 4.69) is 0 Å². The number of phenols is 2. The summed E-state index contributed by atoms with van der Waals surface area (Å²) in [5.74, 6) is 0.802. The van der Waals surface area contributed by atoms with Gasteiger partial charge in [-0.15, -0.1) is 0 Å². The summed E-state index contributed by atoms with van der Waals surface area (Å²) in [4.78, 5) is 0. The lowest BCUT2D eigenvalue weighted by molar-refractivity contribution is 0.164. The Morgan fingerprint density at radius 3 is 2.53 bits per heavy atom. The van der Waals surface area contributed by atoms with Gasteiger partial charge in [0.2, 0.25) is 5.75 Å². The fraction of sp³-hybridized carbons (Fsp3) is 0.455. The zero-order valence-electron chi connectivity index (χ0n) is 8.78. The molecule has 0 fully saturated rings. The van der Waals surface area contributed by atoms with Crippen LogP contribution in [-0.4, -0.2) is 23.4 Å². The number of fused-ring (bicyclic) bond motifs is 1. The van der Waals surface area contributed by atoms with Gasteiger partial charge in [-0.1, -0.05) is 13.8 Å². The standard InChI is InChI=1S/C11H14O4/c1-6(2)9-7(12)5-8-11(10(9)13)15-4-3-14-8/h5-6,12-13H,3-4H2,1-2H3. The molecule has 4 nitrogen and oxygen atoms in total. The number of phenolic OH excluding ortho intramolecular Hbond substituents is 2. The Balaban J connectivity index is 2.59. The number of rotatable bonds is 1. The molecule has 2 N–H and O–H groups in total. The first-order valence-electron chi connectivity index (χ1n) is 4.95. The Kier molecular flexibility index (Phi) is 2.34. The molecule has 1 aromatic rings. The summed E-state index contributed by atoms with van der Waals surface area (Å²) >= 11 is 0. The maximum Gasteiger partial charge on any atom is 0.204 e. The van der Waals surface area contributed by atoms with Crippen LogP contribution in [-0.2, 0) is 0 Å². The molecule has 82 valence electrons. The van der Waals surface area contributed by atoms with Crippen LogP contribution < -0.4 is 9.47 Å². The van der Waals surface area contributed by atoms with E-state index in [4.69, 9.17) is 9.47 Å². The molecule has 0 aromatic heterocycles. The van der Waals surface area contributed by atoms with Crippen LogP contribution in [0.15, 0.2) is 6.07 Å². The molecule has 0 aliphatic carbocycles. The average molecular weight is 210 g/mol. The fourth-order valence-corrected chi connectivity index (χ4v) is 1.74. The van der Waals surface area contributed by atoms with Gasteiger partial charge < -0.3 is 19.7 Å². The van der Waals surface area contributed by atoms with Gasteiger partial charge in [-0.25, -0.2) is 0 Å². The minimum Gasteiger partial charge on any atom is -0.507 e. The topological polar surface area (TPSA) is 58.9 Å². The lowest BCUT2D eigenvalue weighted by Gasteiger charge is -2.22. The molecule has 0 bridgehead atoms. The van der Waals surface area contributed by atoms with Gasteiger partial charge in [-0.2, -0.15) is 0 Å². The molecular weight excluding hydrogens is 196 g/mol. The first-order chi connectivity index (χ1) is 7.11. The van der Waals surface area contributed by atoms with Crippen molar-refractivity contribution in [1.29, 1.82) is 0 Å². The molecule has 0 saturated carbocycles. The largest absolute Gasteiger partial charge is 0.507 e. The Bertz CT molecular complexity index is 385. The van der Waals surface area contributed by atoms with Gasteiger partial charge in [0.25, 0.3) is 0 Å². The molecular formula is C11H14O4. The second-order valence-corrected chi connectivity index (χ2v) is 3.84. The van der Waals surface area contributed by atoms with Crippen LogP contribution in [0.4, 0.5) is 0 Å². The van der Waals surface area contributed by atoms with E-state index in [9.17, 15) is 10.2 Å². The quantitative estimate of drug-likeness (QED) is 0.744. The molecule has 0 spiro atoms. The van der Waals surface area contributed by atoms with Gasteiger partial charge >= 0.3 is 0 Å². The SMILES string of the molecule is CC(C)c1c(O)cc2c(c1O)OCCO2. The van der Waals surface area contributed by atoms with Crippen molar-refractivity contribution in [2.45, 2.75) is 19.8 Å². The van der Waals surface area contributed by atoms with Gasteiger partial charge in [-0.3, -0.25) is 0 Å². The molecule has 1 aliphatic rings. The molecule has 0 atom stereocenters. The van der Waals surface area contributed by atoms with E-state index in [0.29, 0.717) is 30.3 Å². The molecule has 1 aromatic carbocycles. The average Bonchev–Trinajstić information content (AvgIpc) is 2.17. The van der Waals surface area contributed by atoms with Gasteiger partial charge in [-0.05, 0) is 5.92 Å². The first-order valence-corrected chi connectivity index (χ1v) is 4.95. The predicted octanol–water partition coefficient (Wildman–Crippen LogP) is 1.99. The van der Waals surface area contributed by atoms with Crippen molar-refractivity contribution in [2.75, 3.05) is 13.2 Å². The third kappa shape index (κ3) is 1.56. The summed E-state index contributed by atoms with van der Waals surface area (Å²) in [6, 6.07) is 1.49. The lowest BCUT2D eigenvalue weighted by atomic mass is 10.00.